The topological polar surface area (TPSA) is 228 Å². The molecule has 0 radical (unpaired) electrons. The van der Waals surface area contributed by atoms with Crippen LogP contribution in [0, 0.1) is 0 Å². The molecule has 0 aromatic carbocycles. The first-order chi connectivity index (χ1) is 44.1. The molecule has 14 heteroatoms. The fourth-order valence-electron chi connectivity index (χ4n) is 11.2. The number of amides is 1. The predicted octanol–water partition coefficient (Wildman–Crippen LogP) is 15.1. The minimum absolute atomic E-state index is 0.256. The molecule has 12 unspecified atom stereocenters. The van der Waals surface area contributed by atoms with E-state index in [4.69, 9.17) is 18.9 Å². The van der Waals surface area contributed by atoms with Crippen molar-refractivity contribution in [1.29, 1.82) is 0 Å². The number of carbonyl (C=O) groups is 1. The van der Waals surface area contributed by atoms with Gasteiger partial charge in [0.15, 0.2) is 12.6 Å². The highest BCUT2D eigenvalue weighted by Crippen LogP contribution is 2.30. The smallest absolute Gasteiger partial charge is 0.220 e. The Kier molecular flexibility index (Phi) is 54.6. The molecule has 2 fully saturated rings. The molecule has 0 bridgehead atoms. The molecule has 9 N–H and O–H groups in total. The van der Waals surface area contributed by atoms with E-state index in [9.17, 15) is 45.6 Å². The third kappa shape index (κ3) is 42.8. The van der Waals surface area contributed by atoms with Crippen LogP contribution in [0.2, 0.25) is 0 Å². The maximum absolute atomic E-state index is 13.3. The van der Waals surface area contributed by atoms with Gasteiger partial charge in [0, 0.05) is 6.42 Å². The zero-order chi connectivity index (χ0) is 65.2. The number of rotatable bonds is 58. The van der Waals surface area contributed by atoms with Crippen LogP contribution in [0.3, 0.4) is 0 Å². The van der Waals surface area contributed by atoms with Gasteiger partial charge in [-0.25, -0.2) is 0 Å². The zero-order valence-electron chi connectivity index (χ0n) is 56.3. The summed E-state index contributed by atoms with van der Waals surface area (Å²) in [6.45, 7) is 2.68. The Labute approximate surface area is 546 Å². The highest BCUT2D eigenvalue weighted by atomic mass is 16.7. The van der Waals surface area contributed by atoms with E-state index in [1.165, 1.54) is 154 Å². The number of ether oxygens (including phenoxy) is 4. The molecular formula is C76H131NO13. The number of nitrogens with one attached hydrogen (secondary N) is 1. The van der Waals surface area contributed by atoms with Crippen LogP contribution in [0.1, 0.15) is 271 Å². The van der Waals surface area contributed by atoms with E-state index in [-0.39, 0.29) is 18.9 Å². The van der Waals surface area contributed by atoms with Gasteiger partial charge in [-0.05, 0) is 96.3 Å². The molecule has 0 saturated carbocycles. The lowest BCUT2D eigenvalue weighted by Gasteiger charge is -2.46. The quantitative estimate of drug-likeness (QED) is 0.0204. The van der Waals surface area contributed by atoms with Crippen molar-refractivity contribution in [2.75, 3.05) is 19.8 Å². The minimum atomic E-state index is -1.80. The number of hydrogen-bond acceptors (Lipinski definition) is 13. The van der Waals surface area contributed by atoms with E-state index >= 15 is 0 Å². The van der Waals surface area contributed by atoms with Crippen LogP contribution in [-0.4, -0.2) is 140 Å². The summed E-state index contributed by atoms with van der Waals surface area (Å²) in [5, 5.41) is 87.4. The second kappa shape index (κ2) is 59.4. The van der Waals surface area contributed by atoms with Gasteiger partial charge < -0.3 is 65.1 Å². The van der Waals surface area contributed by atoms with Crippen molar-refractivity contribution in [3.63, 3.8) is 0 Å². The average molecular weight is 1270 g/mol. The van der Waals surface area contributed by atoms with E-state index < -0.39 is 86.8 Å². The molecule has 14 nitrogen and oxygen atoms in total. The van der Waals surface area contributed by atoms with E-state index in [2.05, 4.69) is 116 Å². The van der Waals surface area contributed by atoms with Crippen LogP contribution in [0.15, 0.2) is 109 Å². The van der Waals surface area contributed by atoms with Gasteiger partial charge in [-0.1, -0.05) is 277 Å². The van der Waals surface area contributed by atoms with Gasteiger partial charge >= 0.3 is 0 Å². The number of aliphatic hydroxyl groups is 8. The lowest BCUT2D eigenvalue weighted by Crippen LogP contribution is -2.65. The molecule has 2 aliphatic heterocycles. The third-order valence-corrected chi connectivity index (χ3v) is 16.9. The lowest BCUT2D eigenvalue weighted by atomic mass is 9.97. The van der Waals surface area contributed by atoms with Gasteiger partial charge in [0.25, 0.3) is 0 Å². The molecule has 0 aromatic rings. The van der Waals surface area contributed by atoms with E-state index in [1.807, 2.05) is 6.08 Å². The van der Waals surface area contributed by atoms with Crippen molar-refractivity contribution in [3.8, 4) is 0 Å². The van der Waals surface area contributed by atoms with E-state index in [1.54, 1.807) is 6.08 Å². The summed E-state index contributed by atoms with van der Waals surface area (Å²) in [7, 11) is 0. The van der Waals surface area contributed by atoms with Gasteiger partial charge in [-0.3, -0.25) is 4.79 Å². The van der Waals surface area contributed by atoms with E-state index in [0.29, 0.717) is 12.8 Å². The largest absolute Gasteiger partial charge is 0.394 e. The first-order valence-electron chi connectivity index (χ1n) is 36.1. The molecule has 12 atom stereocenters. The maximum atomic E-state index is 13.3. The average Bonchev–Trinajstić information content (AvgIpc) is 1.41. The van der Waals surface area contributed by atoms with E-state index in [0.717, 1.165) is 83.5 Å². The fourth-order valence-corrected chi connectivity index (χ4v) is 11.2. The van der Waals surface area contributed by atoms with Crippen molar-refractivity contribution in [2.24, 2.45) is 0 Å². The predicted molar refractivity (Wildman–Crippen MR) is 369 cm³/mol. The summed E-state index contributed by atoms with van der Waals surface area (Å²) in [5.41, 5.74) is 0. The second-order valence-electron chi connectivity index (χ2n) is 25.0. The second-order valence-corrected chi connectivity index (χ2v) is 25.0. The van der Waals surface area contributed by atoms with Crippen LogP contribution >= 0.6 is 0 Å². The summed E-state index contributed by atoms with van der Waals surface area (Å²) in [6.07, 6.45) is 68.6. The van der Waals surface area contributed by atoms with Crippen molar-refractivity contribution >= 4 is 5.91 Å². The van der Waals surface area contributed by atoms with Gasteiger partial charge in [0.2, 0.25) is 5.91 Å². The molecule has 2 aliphatic rings. The van der Waals surface area contributed by atoms with Gasteiger partial charge in [-0.2, -0.15) is 0 Å². The SMILES string of the molecule is CC/C=C\C/C=C\C/C=C\C/C=C\C/C=C\C/C=C\CCCCCCCCCCCCCCCCC(=O)NC(COC1OC(CO)C(OC2OC(CO)C(O)C(O)C2O)C(O)C1O)C(O)/C=C/CC/C=C/CC/C=C/CCCCCCCCCCCCCCC. The first-order valence-corrected chi connectivity index (χ1v) is 36.1. The van der Waals surface area contributed by atoms with Gasteiger partial charge in [-0.15, -0.1) is 0 Å². The first kappa shape index (κ1) is 82.7. The molecular weight excluding hydrogens is 1130 g/mol. The van der Waals surface area contributed by atoms with Crippen molar-refractivity contribution in [2.45, 2.75) is 344 Å². The Morgan fingerprint density at radius 3 is 1.22 bits per heavy atom. The molecule has 0 aliphatic carbocycles. The highest BCUT2D eigenvalue weighted by Gasteiger charge is 2.51. The highest BCUT2D eigenvalue weighted by molar-refractivity contribution is 5.76. The molecule has 2 rings (SSSR count). The fraction of sp³-hybridized carbons (Fsp3) is 0.750. The minimum Gasteiger partial charge on any atom is -0.394 e. The Hall–Kier alpha value is -3.35. The summed E-state index contributed by atoms with van der Waals surface area (Å²) >= 11 is 0. The number of carbonyl (C=O) groups excluding carboxylic acids is 1. The zero-order valence-corrected chi connectivity index (χ0v) is 56.3. The summed E-state index contributed by atoms with van der Waals surface area (Å²) in [5.74, 6) is -0.256. The molecule has 0 aromatic heterocycles. The Morgan fingerprint density at radius 2 is 0.778 bits per heavy atom. The van der Waals surface area contributed by atoms with Crippen LogP contribution in [0.4, 0.5) is 0 Å². The molecule has 518 valence electrons. The molecule has 2 saturated heterocycles. The standard InChI is InChI=1S/C76H131NO13/c1-3-5-7-9-11-13-15-17-19-21-23-25-27-28-29-30-31-32-33-34-35-36-38-40-42-44-46-48-50-52-54-56-58-60-68(81)77-64(63-87-75-73(86)71(84)74(67(62-79)89-75)90-76-72(85)70(83)69(82)66(61-78)88-76)65(80)59-57-55-53-51-49-47-45-43-41-39-37-26-24-22-20-18-16-14-12-10-8-6-4-2/h5,7,11,13,17,19,23,25,28-29,31-32,41,43,49,51,57,59,64-67,69-76,78-80,82-86H,3-4,6,8-10,12,14-16,18,20-22,24,26-27,30,33-40,42,44-48,50,52-56,58,60-63H2,1-2H3,(H,77,81)/b7-5-,13-11-,19-17-,25-23-,29-28-,32-31-,43-41+,51-49+,59-57+. The Bertz CT molecular complexity index is 1930. The molecule has 2 heterocycles. The van der Waals surface area contributed by atoms with Crippen LogP contribution in [-0.2, 0) is 23.7 Å². The van der Waals surface area contributed by atoms with Crippen LogP contribution < -0.4 is 5.32 Å². The summed E-state index contributed by atoms with van der Waals surface area (Å²) < 4.78 is 22.8. The number of unbranched alkanes of at least 4 members (excludes halogenated alkanes) is 29. The van der Waals surface area contributed by atoms with Crippen molar-refractivity contribution < 1.29 is 64.6 Å². The number of allylic oxidation sites excluding steroid dienone is 17. The number of hydrogen-bond donors (Lipinski definition) is 9. The Morgan fingerprint density at radius 1 is 0.411 bits per heavy atom. The molecule has 0 spiro atoms. The summed E-state index contributed by atoms with van der Waals surface area (Å²) in [4.78, 5) is 13.3. The van der Waals surface area contributed by atoms with Gasteiger partial charge in [0.1, 0.15) is 48.8 Å². The lowest BCUT2D eigenvalue weighted by molar-refractivity contribution is -0.359. The third-order valence-electron chi connectivity index (χ3n) is 16.9. The Balaban J connectivity index is 1.68. The monoisotopic (exact) mass is 1270 g/mol. The molecule has 90 heavy (non-hydrogen) atoms. The van der Waals surface area contributed by atoms with Crippen LogP contribution in [0.5, 0.6) is 0 Å². The van der Waals surface area contributed by atoms with Gasteiger partial charge in [0.05, 0.1) is 32.0 Å². The number of aliphatic hydroxyl groups excluding tert-OH is 8. The summed E-state index contributed by atoms with van der Waals surface area (Å²) in [6, 6.07) is -0.946. The maximum Gasteiger partial charge on any atom is 0.220 e. The van der Waals surface area contributed by atoms with Crippen LogP contribution in [0.25, 0.3) is 0 Å². The van der Waals surface area contributed by atoms with Crippen molar-refractivity contribution in [1.82, 2.24) is 5.32 Å². The normalized spacial score (nSPS) is 23.6. The van der Waals surface area contributed by atoms with Crippen molar-refractivity contribution in [3.05, 3.63) is 109 Å². The molecule has 1 amide bonds.